The van der Waals surface area contributed by atoms with Crippen molar-refractivity contribution in [3.8, 4) is 5.69 Å². The molecule has 1 heterocycles. The fourth-order valence-corrected chi connectivity index (χ4v) is 2.14. The van der Waals surface area contributed by atoms with Crippen LogP contribution in [-0.2, 0) is 0 Å². The Bertz CT molecular complexity index is 536. The summed E-state index contributed by atoms with van der Waals surface area (Å²) in [5.74, 6) is 0.818. The highest BCUT2D eigenvalue weighted by atomic mass is 127. The minimum absolute atomic E-state index is 0.697. The van der Waals surface area contributed by atoms with Crippen molar-refractivity contribution in [3.63, 3.8) is 0 Å². The van der Waals surface area contributed by atoms with Crippen LogP contribution in [0.2, 0.25) is 0 Å². The van der Waals surface area contributed by atoms with Gasteiger partial charge in [0.15, 0.2) is 0 Å². The summed E-state index contributed by atoms with van der Waals surface area (Å²) in [7, 11) is 0. The number of nitrogens with one attached hydrogen (secondary N) is 1. The van der Waals surface area contributed by atoms with Gasteiger partial charge in [-0.15, -0.1) is 6.58 Å². The third-order valence-electron chi connectivity index (χ3n) is 2.23. The molecule has 0 aliphatic carbocycles. The Morgan fingerprint density at radius 1 is 1.53 bits per heavy atom. The molecule has 17 heavy (non-hydrogen) atoms. The van der Waals surface area contributed by atoms with Gasteiger partial charge in [0.1, 0.15) is 0 Å². The molecule has 0 aliphatic heterocycles. The van der Waals surface area contributed by atoms with Crippen molar-refractivity contribution in [2.24, 2.45) is 0 Å². The maximum absolute atomic E-state index is 4.27. The molecule has 2 rings (SSSR count). The van der Waals surface area contributed by atoms with Gasteiger partial charge in [-0.25, -0.2) is 4.98 Å². The zero-order valence-corrected chi connectivity index (χ0v) is 12.8. The van der Waals surface area contributed by atoms with E-state index in [0.717, 1.165) is 16.1 Å². The molecule has 0 amide bonds. The van der Waals surface area contributed by atoms with E-state index in [2.05, 4.69) is 73.6 Å². The fourth-order valence-electron chi connectivity index (χ4n) is 1.44. The van der Waals surface area contributed by atoms with Crippen LogP contribution in [0.25, 0.3) is 5.69 Å². The minimum Gasteiger partial charge on any atom is -0.352 e. The van der Waals surface area contributed by atoms with E-state index in [-0.39, 0.29) is 0 Å². The van der Waals surface area contributed by atoms with Gasteiger partial charge in [0, 0.05) is 32.7 Å². The van der Waals surface area contributed by atoms with Crippen LogP contribution >= 0.6 is 38.5 Å². The highest BCUT2D eigenvalue weighted by Crippen LogP contribution is 2.23. The molecule has 0 spiro atoms. The van der Waals surface area contributed by atoms with Crippen LogP contribution in [0.5, 0.6) is 0 Å². The third-order valence-corrected chi connectivity index (χ3v) is 4.56. The average Bonchev–Trinajstić information content (AvgIpc) is 2.78. The summed E-state index contributed by atoms with van der Waals surface area (Å²) in [4.78, 5) is 4.27. The molecule has 1 N–H and O–H groups in total. The van der Waals surface area contributed by atoms with Gasteiger partial charge in [-0.1, -0.05) is 6.08 Å². The average molecular weight is 404 g/mol. The van der Waals surface area contributed by atoms with Crippen molar-refractivity contribution >= 4 is 44.5 Å². The van der Waals surface area contributed by atoms with Crippen molar-refractivity contribution in [1.82, 2.24) is 9.55 Å². The van der Waals surface area contributed by atoms with E-state index in [9.17, 15) is 0 Å². The van der Waals surface area contributed by atoms with Gasteiger partial charge in [-0.05, 0) is 56.7 Å². The standard InChI is InChI=1S/C12H11BrIN3/c1-2-5-15-12-16-6-7-17(12)9-3-4-11(14)10(13)8-9/h2-4,6-8H,1,5H2,(H,15,16). The van der Waals surface area contributed by atoms with Gasteiger partial charge in [0.25, 0.3) is 0 Å². The summed E-state index contributed by atoms with van der Waals surface area (Å²) >= 11 is 5.82. The Labute approximate surface area is 122 Å². The molecule has 2 aromatic rings. The van der Waals surface area contributed by atoms with Gasteiger partial charge < -0.3 is 5.32 Å². The molecule has 0 bridgehead atoms. The number of hydrogen-bond donors (Lipinski definition) is 1. The predicted octanol–water partition coefficient (Wildman–Crippen LogP) is 3.84. The quantitative estimate of drug-likeness (QED) is 0.620. The van der Waals surface area contributed by atoms with Crippen LogP contribution in [0.1, 0.15) is 0 Å². The smallest absolute Gasteiger partial charge is 0.207 e. The topological polar surface area (TPSA) is 29.9 Å². The van der Waals surface area contributed by atoms with E-state index in [4.69, 9.17) is 0 Å². The number of imidazole rings is 1. The zero-order valence-electron chi connectivity index (χ0n) is 9.03. The molecule has 0 saturated heterocycles. The van der Waals surface area contributed by atoms with Crippen LogP contribution in [0.3, 0.4) is 0 Å². The normalized spacial score (nSPS) is 10.2. The van der Waals surface area contributed by atoms with Crippen molar-refractivity contribution in [2.45, 2.75) is 0 Å². The summed E-state index contributed by atoms with van der Waals surface area (Å²) in [5, 5.41) is 3.19. The van der Waals surface area contributed by atoms with Crippen LogP contribution in [0.4, 0.5) is 5.95 Å². The summed E-state index contributed by atoms with van der Waals surface area (Å²) in [6.07, 6.45) is 5.51. The van der Waals surface area contributed by atoms with E-state index in [1.165, 1.54) is 3.57 Å². The molecule has 0 atom stereocenters. The number of benzene rings is 1. The number of anilines is 1. The SMILES string of the molecule is C=CCNc1nccn1-c1ccc(I)c(Br)c1. The van der Waals surface area contributed by atoms with Gasteiger partial charge >= 0.3 is 0 Å². The second-order valence-corrected chi connectivity index (χ2v) is 5.41. The monoisotopic (exact) mass is 403 g/mol. The summed E-state index contributed by atoms with van der Waals surface area (Å²) in [5.41, 5.74) is 1.07. The van der Waals surface area contributed by atoms with E-state index in [1.54, 1.807) is 6.20 Å². The summed E-state index contributed by atoms with van der Waals surface area (Å²) in [6.45, 7) is 4.38. The lowest BCUT2D eigenvalue weighted by Crippen LogP contribution is -2.05. The van der Waals surface area contributed by atoms with Crippen LogP contribution in [-0.4, -0.2) is 16.1 Å². The minimum atomic E-state index is 0.697. The van der Waals surface area contributed by atoms with Gasteiger partial charge in [0.05, 0.1) is 0 Å². The first-order chi connectivity index (χ1) is 8.22. The predicted molar refractivity (Wildman–Crippen MR) is 82.7 cm³/mol. The van der Waals surface area contributed by atoms with Gasteiger partial charge in [-0.3, -0.25) is 4.57 Å². The van der Waals surface area contributed by atoms with Gasteiger partial charge in [-0.2, -0.15) is 0 Å². The Morgan fingerprint density at radius 2 is 2.35 bits per heavy atom. The van der Waals surface area contributed by atoms with Crippen LogP contribution in [0, 0.1) is 3.57 Å². The zero-order chi connectivity index (χ0) is 12.3. The highest BCUT2D eigenvalue weighted by Gasteiger charge is 2.05. The Hall–Kier alpha value is -0.820. The van der Waals surface area contributed by atoms with E-state index < -0.39 is 0 Å². The summed E-state index contributed by atoms with van der Waals surface area (Å²) in [6, 6.07) is 6.20. The number of rotatable bonds is 4. The molecule has 88 valence electrons. The Kier molecular flexibility index (Phi) is 4.22. The first-order valence-electron chi connectivity index (χ1n) is 5.06. The first-order valence-corrected chi connectivity index (χ1v) is 6.93. The molecule has 1 aromatic heterocycles. The maximum Gasteiger partial charge on any atom is 0.207 e. The maximum atomic E-state index is 4.27. The van der Waals surface area contributed by atoms with E-state index in [1.807, 2.05) is 16.8 Å². The number of aromatic nitrogens is 2. The number of halogens is 2. The van der Waals surface area contributed by atoms with Crippen molar-refractivity contribution in [3.05, 3.63) is 51.3 Å². The van der Waals surface area contributed by atoms with E-state index in [0.29, 0.717) is 6.54 Å². The van der Waals surface area contributed by atoms with Crippen molar-refractivity contribution < 1.29 is 0 Å². The largest absolute Gasteiger partial charge is 0.352 e. The molecule has 0 radical (unpaired) electrons. The molecule has 1 aromatic carbocycles. The molecule has 5 heteroatoms. The number of nitrogens with zero attached hydrogens (tertiary/aromatic N) is 2. The Balaban J connectivity index is 2.35. The highest BCUT2D eigenvalue weighted by molar-refractivity contribution is 14.1. The first kappa shape index (κ1) is 12.6. The second-order valence-electron chi connectivity index (χ2n) is 3.39. The van der Waals surface area contributed by atoms with E-state index >= 15 is 0 Å². The molecule has 0 aliphatic rings. The van der Waals surface area contributed by atoms with Crippen LogP contribution in [0.15, 0.2) is 47.7 Å². The lowest BCUT2D eigenvalue weighted by Gasteiger charge is -2.09. The molecular formula is C12H11BrIN3. The van der Waals surface area contributed by atoms with Crippen molar-refractivity contribution in [2.75, 3.05) is 11.9 Å². The molecule has 0 saturated carbocycles. The Morgan fingerprint density at radius 3 is 3.06 bits per heavy atom. The fraction of sp³-hybridized carbons (Fsp3) is 0.0833. The number of hydrogen-bond acceptors (Lipinski definition) is 2. The lowest BCUT2D eigenvalue weighted by atomic mass is 10.3. The molecular weight excluding hydrogens is 393 g/mol. The van der Waals surface area contributed by atoms with Crippen molar-refractivity contribution in [1.29, 1.82) is 0 Å². The molecule has 3 nitrogen and oxygen atoms in total. The molecule has 0 fully saturated rings. The summed E-state index contributed by atoms with van der Waals surface area (Å²) < 4.78 is 4.27. The molecule has 0 unspecified atom stereocenters. The third kappa shape index (κ3) is 2.90. The van der Waals surface area contributed by atoms with Crippen LogP contribution < -0.4 is 5.32 Å². The second kappa shape index (κ2) is 5.68. The van der Waals surface area contributed by atoms with Gasteiger partial charge in [0.2, 0.25) is 5.95 Å². The lowest BCUT2D eigenvalue weighted by molar-refractivity contribution is 1.04.